The fourth-order valence-electron chi connectivity index (χ4n) is 2.97. The molecule has 2 aliphatic heterocycles. The van der Waals surface area contributed by atoms with Gasteiger partial charge in [0.15, 0.2) is 11.6 Å². The smallest absolute Gasteiger partial charge is 0.232 e. The Hall–Kier alpha value is -0.850. The number of fused-ring (bicyclic) bond motifs is 2. The molecule has 0 aromatic heterocycles. The minimum absolute atomic E-state index is 0. The molecule has 2 unspecified atom stereocenters. The van der Waals surface area contributed by atoms with Crippen LogP contribution in [0.1, 0.15) is 19.3 Å². The Morgan fingerprint density at radius 3 is 2.77 bits per heavy atom. The zero-order valence-corrected chi connectivity index (χ0v) is 13.7. The number of likely N-dealkylation sites (tertiary alicyclic amines) is 1. The number of benzene rings is 1. The predicted octanol–water partition coefficient (Wildman–Crippen LogP) is 2.83. The molecular formula is C15H19ClF2N2OS. The van der Waals surface area contributed by atoms with Crippen molar-refractivity contribution in [3.05, 3.63) is 29.8 Å². The number of carbonyl (C=O) groups is 1. The lowest BCUT2D eigenvalue weighted by Crippen LogP contribution is -2.39. The number of thioether (sulfide) groups is 1. The lowest BCUT2D eigenvalue weighted by molar-refractivity contribution is -0.128. The van der Waals surface area contributed by atoms with Crippen molar-refractivity contribution in [1.82, 2.24) is 10.2 Å². The molecule has 1 amide bonds. The largest absolute Gasteiger partial charge is 0.340 e. The van der Waals surface area contributed by atoms with Crippen LogP contribution >= 0.6 is 24.2 Å². The fourth-order valence-corrected chi connectivity index (χ4v) is 3.80. The highest BCUT2D eigenvalue weighted by molar-refractivity contribution is 8.00. The zero-order valence-electron chi connectivity index (χ0n) is 12.1. The van der Waals surface area contributed by atoms with E-state index in [0.717, 1.165) is 38.1 Å². The van der Waals surface area contributed by atoms with Crippen molar-refractivity contribution in [3.63, 3.8) is 0 Å². The number of halogens is 3. The molecule has 1 N–H and O–H groups in total. The number of amides is 1. The molecule has 1 aromatic carbocycles. The number of carbonyl (C=O) groups excluding carboxylic acids is 1. The van der Waals surface area contributed by atoms with Gasteiger partial charge in [-0.05, 0) is 37.5 Å². The summed E-state index contributed by atoms with van der Waals surface area (Å²) >= 11 is 1.25. The zero-order chi connectivity index (χ0) is 14.8. The lowest BCUT2D eigenvalue weighted by Gasteiger charge is -2.24. The van der Waals surface area contributed by atoms with Gasteiger partial charge in [0.25, 0.3) is 0 Å². The molecule has 0 spiro atoms. The van der Waals surface area contributed by atoms with Crippen LogP contribution < -0.4 is 5.32 Å². The predicted molar refractivity (Wildman–Crippen MR) is 85.5 cm³/mol. The van der Waals surface area contributed by atoms with E-state index in [1.54, 1.807) is 0 Å². The van der Waals surface area contributed by atoms with Crippen molar-refractivity contribution in [2.75, 3.05) is 18.8 Å². The maximum Gasteiger partial charge on any atom is 0.232 e. The van der Waals surface area contributed by atoms with E-state index in [1.165, 1.54) is 24.2 Å². The number of rotatable bonds is 3. The monoisotopic (exact) mass is 348 g/mol. The molecule has 0 saturated carbocycles. The van der Waals surface area contributed by atoms with Gasteiger partial charge >= 0.3 is 0 Å². The summed E-state index contributed by atoms with van der Waals surface area (Å²) in [5, 5.41) is 3.53. The van der Waals surface area contributed by atoms with Crippen molar-refractivity contribution >= 4 is 30.1 Å². The maximum atomic E-state index is 13.1. The van der Waals surface area contributed by atoms with Gasteiger partial charge in [-0.25, -0.2) is 8.78 Å². The first-order valence-corrected chi connectivity index (χ1v) is 8.22. The number of nitrogens with zero attached hydrogens (tertiary/aromatic N) is 1. The standard InChI is InChI=1S/C15H18F2N2OS.ClH/c16-13-4-3-12(7-14(13)17)21-9-15(20)19-6-5-10-1-2-11(8-19)18-10;/h3-4,7,10-11,18H,1-2,5-6,8-9H2;1H. The average Bonchev–Trinajstić information content (AvgIpc) is 2.79. The summed E-state index contributed by atoms with van der Waals surface area (Å²) in [4.78, 5) is 14.7. The van der Waals surface area contributed by atoms with Crippen LogP contribution in [0.15, 0.2) is 23.1 Å². The first-order valence-electron chi connectivity index (χ1n) is 7.23. The summed E-state index contributed by atoms with van der Waals surface area (Å²) in [5.74, 6) is -1.40. The third-order valence-corrected chi connectivity index (χ3v) is 5.11. The molecule has 0 aliphatic carbocycles. The lowest BCUT2D eigenvalue weighted by atomic mass is 10.1. The van der Waals surface area contributed by atoms with Crippen molar-refractivity contribution < 1.29 is 13.6 Å². The highest BCUT2D eigenvalue weighted by Crippen LogP contribution is 2.23. The Labute approximate surface area is 139 Å². The van der Waals surface area contributed by atoms with E-state index in [9.17, 15) is 13.6 Å². The molecule has 2 saturated heterocycles. The van der Waals surface area contributed by atoms with E-state index in [-0.39, 0.29) is 24.1 Å². The van der Waals surface area contributed by atoms with Gasteiger partial charge in [-0.2, -0.15) is 0 Å². The second-order valence-corrected chi connectivity index (χ2v) is 6.68. The molecule has 2 atom stereocenters. The minimum Gasteiger partial charge on any atom is -0.340 e. The average molecular weight is 349 g/mol. The summed E-state index contributed by atoms with van der Waals surface area (Å²) in [5.41, 5.74) is 0. The van der Waals surface area contributed by atoms with Crippen LogP contribution in [0, 0.1) is 11.6 Å². The van der Waals surface area contributed by atoms with Gasteiger partial charge in [-0.3, -0.25) is 4.79 Å². The van der Waals surface area contributed by atoms with Gasteiger partial charge in [0.2, 0.25) is 5.91 Å². The fraction of sp³-hybridized carbons (Fsp3) is 0.533. The molecule has 2 heterocycles. The molecule has 2 bridgehead atoms. The Morgan fingerprint density at radius 2 is 2.00 bits per heavy atom. The van der Waals surface area contributed by atoms with Crippen molar-refractivity contribution in [1.29, 1.82) is 0 Å². The minimum atomic E-state index is -0.872. The second-order valence-electron chi connectivity index (χ2n) is 5.63. The quantitative estimate of drug-likeness (QED) is 0.852. The Kier molecular flexibility index (Phi) is 6.06. The molecule has 3 nitrogen and oxygen atoms in total. The van der Waals surface area contributed by atoms with E-state index >= 15 is 0 Å². The molecule has 7 heteroatoms. The van der Waals surface area contributed by atoms with Gasteiger partial charge in [0.05, 0.1) is 5.75 Å². The van der Waals surface area contributed by atoms with Gasteiger partial charge in [0, 0.05) is 30.1 Å². The van der Waals surface area contributed by atoms with Gasteiger partial charge in [-0.15, -0.1) is 24.2 Å². The molecule has 2 fully saturated rings. The Bertz CT molecular complexity index is 546. The van der Waals surface area contributed by atoms with E-state index in [4.69, 9.17) is 0 Å². The number of nitrogens with one attached hydrogen (secondary N) is 1. The maximum absolute atomic E-state index is 13.1. The van der Waals surface area contributed by atoms with E-state index in [2.05, 4.69) is 5.32 Å². The van der Waals surface area contributed by atoms with Crippen LogP contribution in [-0.4, -0.2) is 41.7 Å². The summed E-state index contributed by atoms with van der Waals surface area (Å²) in [6, 6.07) is 4.69. The van der Waals surface area contributed by atoms with Gasteiger partial charge in [-0.1, -0.05) is 0 Å². The van der Waals surface area contributed by atoms with Gasteiger partial charge in [0.1, 0.15) is 0 Å². The molecular weight excluding hydrogens is 330 g/mol. The van der Waals surface area contributed by atoms with Crippen LogP contribution in [0.2, 0.25) is 0 Å². The summed E-state index contributed by atoms with van der Waals surface area (Å²) in [7, 11) is 0. The molecule has 3 rings (SSSR count). The third kappa shape index (κ3) is 4.12. The molecule has 0 radical (unpaired) electrons. The summed E-state index contributed by atoms with van der Waals surface area (Å²) < 4.78 is 26.0. The molecule has 122 valence electrons. The highest BCUT2D eigenvalue weighted by atomic mass is 35.5. The third-order valence-electron chi connectivity index (χ3n) is 4.13. The van der Waals surface area contributed by atoms with Crippen LogP contribution in [0.25, 0.3) is 0 Å². The summed E-state index contributed by atoms with van der Waals surface area (Å²) in [6.07, 6.45) is 3.33. The van der Waals surface area contributed by atoms with E-state index in [0.29, 0.717) is 17.0 Å². The van der Waals surface area contributed by atoms with Crippen LogP contribution in [0.3, 0.4) is 0 Å². The first-order chi connectivity index (χ1) is 10.1. The van der Waals surface area contributed by atoms with Crippen molar-refractivity contribution in [3.8, 4) is 0 Å². The van der Waals surface area contributed by atoms with E-state index < -0.39 is 11.6 Å². The Morgan fingerprint density at radius 1 is 1.23 bits per heavy atom. The Balaban J connectivity index is 0.00000176. The molecule has 22 heavy (non-hydrogen) atoms. The van der Waals surface area contributed by atoms with E-state index in [1.807, 2.05) is 4.90 Å². The van der Waals surface area contributed by atoms with Crippen LogP contribution in [0.4, 0.5) is 8.78 Å². The molecule has 2 aliphatic rings. The first kappa shape index (κ1) is 17.5. The van der Waals surface area contributed by atoms with Crippen LogP contribution in [0.5, 0.6) is 0 Å². The van der Waals surface area contributed by atoms with Crippen molar-refractivity contribution in [2.45, 2.75) is 36.2 Å². The molecule has 1 aromatic rings. The SMILES string of the molecule is Cl.O=C(CSc1ccc(F)c(F)c1)N1CCC2CCC(C1)N2. The number of hydrogen-bond acceptors (Lipinski definition) is 3. The normalized spacial score (nSPS) is 23.8. The van der Waals surface area contributed by atoms with Crippen LogP contribution in [-0.2, 0) is 4.79 Å². The summed E-state index contributed by atoms with van der Waals surface area (Å²) in [6.45, 7) is 1.54. The highest BCUT2D eigenvalue weighted by Gasteiger charge is 2.30. The van der Waals surface area contributed by atoms with Gasteiger partial charge < -0.3 is 10.2 Å². The topological polar surface area (TPSA) is 32.3 Å². The second kappa shape index (κ2) is 7.62. The number of hydrogen-bond donors (Lipinski definition) is 1. The van der Waals surface area contributed by atoms with Crippen molar-refractivity contribution in [2.24, 2.45) is 0 Å².